The van der Waals surface area contributed by atoms with Crippen LogP contribution in [0.2, 0.25) is 0 Å². The van der Waals surface area contributed by atoms with Crippen LogP contribution in [0.15, 0.2) is 54.7 Å². The van der Waals surface area contributed by atoms with Gasteiger partial charge in [0.25, 0.3) is 0 Å². The first-order chi connectivity index (χ1) is 11.8. The van der Waals surface area contributed by atoms with Crippen LogP contribution in [0.4, 0.5) is 5.69 Å². The quantitative estimate of drug-likeness (QED) is 0.677. The number of aromatic nitrogens is 1. The van der Waals surface area contributed by atoms with Crippen LogP contribution in [0, 0.1) is 0 Å². The zero-order valence-electron chi connectivity index (χ0n) is 13.5. The highest BCUT2D eigenvalue weighted by Gasteiger charge is 2.22. The zero-order valence-corrected chi connectivity index (χ0v) is 13.5. The Kier molecular flexibility index (Phi) is 3.65. The van der Waals surface area contributed by atoms with Gasteiger partial charge in [-0.1, -0.05) is 30.3 Å². The van der Waals surface area contributed by atoms with Gasteiger partial charge >= 0.3 is 5.97 Å². The number of hydrogen-bond acceptors (Lipinski definition) is 4. The smallest absolute Gasteiger partial charge is 0.338 e. The van der Waals surface area contributed by atoms with Crippen LogP contribution >= 0.6 is 0 Å². The number of nitrogens with zero attached hydrogens (tertiary/aromatic N) is 2. The van der Waals surface area contributed by atoms with Crippen LogP contribution in [0.25, 0.3) is 10.9 Å². The van der Waals surface area contributed by atoms with E-state index in [1.165, 1.54) is 18.4 Å². The standard InChI is InChI=1S/C20H18N2O2/c1-24-20(23)16-7-4-5-14-13-22(12-10-15(14)16)19-9-11-21-18-8-3-2-6-17(18)19/h2-9,11H,10,12-13H2,1H3. The van der Waals surface area contributed by atoms with Gasteiger partial charge in [-0.05, 0) is 35.7 Å². The summed E-state index contributed by atoms with van der Waals surface area (Å²) in [5.41, 5.74) is 5.18. The summed E-state index contributed by atoms with van der Waals surface area (Å²) in [6, 6.07) is 16.1. The van der Waals surface area contributed by atoms with Crippen LogP contribution in [0.3, 0.4) is 0 Å². The van der Waals surface area contributed by atoms with Crippen molar-refractivity contribution in [3.8, 4) is 0 Å². The topological polar surface area (TPSA) is 42.4 Å². The molecule has 120 valence electrons. The van der Waals surface area contributed by atoms with Crippen LogP contribution < -0.4 is 4.90 Å². The van der Waals surface area contributed by atoms with E-state index in [0.717, 1.165) is 36.0 Å². The molecule has 0 bridgehead atoms. The van der Waals surface area contributed by atoms with E-state index in [2.05, 4.69) is 28.1 Å². The number of rotatable bonds is 2. The number of benzene rings is 2. The van der Waals surface area contributed by atoms with Crippen LogP contribution in [-0.2, 0) is 17.7 Å². The van der Waals surface area contributed by atoms with Crippen molar-refractivity contribution < 1.29 is 9.53 Å². The van der Waals surface area contributed by atoms with Crippen LogP contribution in [0.1, 0.15) is 21.5 Å². The van der Waals surface area contributed by atoms with Gasteiger partial charge in [0.2, 0.25) is 0 Å². The molecule has 0 spiro atoms. The van der Waals surface area contributed by atoms with Crippen molar-refractivity contribution in [3.63, 3.8) is 0 Å². The monoisotopic (exact) mass is 318 g/mol. The van der Waals surface area contributed by atoms with Crippen molar-refractivity contribution in [3.05, 3.63) is 71.4 Å². The van der Waals surface area contributed by atoms with Gasteiger partial charge in [0, 0.05) is 30.4 Å². The predicted octanol–water partition coefficient (Wildman–Crippen LogP) is 3.58. The molecule has 0 saturated heterocycles. The molecule has 3 aromatic rings. The summed E-state index contributed by atoms with van der Waals surface area (Å²) in [7, 11) is 1.43. The van der Waals surface area contributed by atoms with Crippen molar-refractivity contribution in [2.45, 2.75) is 13.0 Å². The number of para-hydroxylation sites is 1. The van der Waals surface area contributed by atoms with Crippen LogP contribution in [-0.4, -0.2) is 24.6 Å². The molecule has 1 aliphatic rings. The van der Waals surface area contributed by atoms with Gasteiger partial charge in [-0.15, -0.1) is 0 Å². The average Bonchev–Trinajstić information content (AvgIpc) is 2.66. The largest absolute Gasteiger partial charge is 0.465 e. The summed E-state index contributed by atoms with van der Waals surface area (Å²) in [5, 5.41) is 1.16. The third-order valence-corrected chi connectivity index (χ3v) is 4.64. The lowest BCUT2D eigenvalue weighted by molar-refractivity contribution is 0.0599. The Morgan fingerprint density at radius 3 is 2.88 bits per heavy atom. The summed E-state index contributed by atoms with van der Waals surface area (Å²) in [5.74, 6) is -0.255. The number of fused-ring (bicyclic) bond motifs is 2. The molecule has 0 unspecified atom stereocenters. The first-order valence-corrected chi connectivity index (χ1v) is 8.05. The number of pyridine rings is 1. The predicted molar refractivity (Wildman–Crippen MR) is 94.3 cm³/mol. The van der Waals surface area contributed by atoms with E-state index in [1.54, 1.807) is 0 Å². The molecule has 0 radical (unpaired) electrons. The number of hydrogen-bond donors (Lipinski definition) is 0. The van der Waals surface area contributed by atoms with E-state index >= 15 is 0 Å². The Morgan fingerprint density at radius 1 is 1.12 bits per heavy atom. The highest BCUT2D eigenvalue weighted by molar-refractivity contribution is 5.93. The normalized spacial score (nSPS) is 13.6. The van der Waals surface area contributed by atoms with Crippen molar-refractivity contribution in [2.75, 3.05) is 18.6 Å². The first kappa shape index (κ1) is 14.7. The third kappa shape index (κ3) is 2.40. The Hall–Kier alpha value is -2.88. The lowest BCUT2D eigenvalue weighted by Gasteiger charge is -2.32. The molecular weight excluding hydrogens is 300 g/mol. The number of methoxy groups -OCH3 is 1. The zero-order chi connectivity index (χ0) is 16.5. The number of ether oxygens (including phenoxy) is 1. The summed E-state index contributed by atoms with van der Waals surface area (Å²) >= 11 is 0. The number of anilines is 1. The average molecular weight is 318 g/mol. The highest BCUT2D eigenvalue weighted by Crippen LogP contribution is 2.31. The number of carbonyl (C=O) groups excluding carboxylic acids is 1. The van der Waals surface area contributed by atoms with Gasteiger partial charge in [-0.3, -0.25) is 4.98 Å². The minimum absolute atomic E-state index is 0.255. The van der Waals surface area contributed by atoms with E-state index < -0.39 is 0 Å². The molecule has 1 aliphatic heterocycles. The fourth-order valence-corrected chi connectivity index (χ4v) is 3.47. The molecular formula is C20H18N2O2. The van der Waals surface area contributed by atoms with E-state index in [4.69, 9.17) is 4.74 Å². The van der Waals surface area contributed by atoms with Crippen molar-refractivity contribution in [1.82, 2.24) is 4.98 Å². The maximum absolute atomic E-state index is 12.0. The fourth-order valence-electron chi connectivity index (χ4n) is 3.47. The van der Waals surface area contributed by atoms with Crippen molar-refractivity contribution in [1.29, 1.82) is 0 Å². The summed E-state index contributed by atoms with van der Waals surface area (Å²) in [6.45, 7) is 1.66. The summed E-state index contributed by atoms with van der Waals surface area (Å²) < 4.78 is 4.91. The van der Waals surface area contributed by atoms with Crippen molar-refractivity contribution >= 4 is 22.6 Å². The molecule has 2 aromatic carbocycles. The second-order valence-electron chi connectivity index (χ2n) is 5.95. The third-order valence-electron chi connectivity index (χ3n) is 4.64. The molecule has 4 nitrogen and oxygen atoms in total. The number of esters is 1. The van der Waals surface area contributed by atoms with Gasteiger partial charge in [0.15, 0.2) is 0 Å². The van der Waals surface area contributed by atoms with Gasteiger partial charge in [-0.25, -0.2) is 4.79 Å². The summed E-state index contributed by atoms with van der Waals surface area (Å²) in [6.07, 6.45) is 2.69. The molecule has 4 heteroatoms. The van der Waals surface area contributed by atoms with E-state index in [-0.39, 0.29) is 5.97 Å². The highest BCUT2D eigenvalue weighted by atomic mass is 16.5. The molecule has 1 aromatic heterocycles. The molecule has 2 heterocycles. The molecule has 4 rings (SSSR count). The second-order valence-corrected chi connectivity index (χ2v) is 5.95. The summed E-state index contributed by atoms with van der Waals surface area (Å²) in [4.78, 5) is 18.8. The van der Waals surface area contributed by atoms with Gasteiger partial charge < -0.3 is 9.64 Å². The van der Waals surface area contributed by atoms with E-state index in [9.17, 15) is 4.79 Å². The van der Waals surface area contributed by atoms with Crippen molar-refractivity contribution in [2.24, 2.45) is 0 Å². The molecule has 0 fully saturated rings. The van der Waals surface area contributed by atoms with E-state index in [1.807, 2.05) is 36.5 Å². The molecule has 0 aliphatic carbocycles. The lowest BCUT2D eigenvalue weighted by atomic mass is 9.94. The maximum atomic E-state index is 12.0. The van der Waals surface area contributed by atoms with E-state index in [0.29, 0.717) is 5.56 Å². The van der Waals surface area contributed by atoms with Crippen LogP contribution in [0.5, 0.6) is 0 Å². The lowest BCUT2D eigenvalue weighted by Crippen LogP contribution is -2.31. The Balaban J connectivity index is 1.73. The Morgan fingerprint density at radius 2 is 2.00 bits per heavy atom. The minimum Gasteiger partial charge on any atom is -0.465 e. The number of carbonyl (C=O) groups is 1. The Bertz CT molecular complexity index is 915. The Labute approximate surface area is 140 Å². The molecule has 0 saturated carbocycles. The van der Waals surface area contributed by atoms with Gasteiger partial charge in [0.05, 0.1) is 18.2 Å². The molecule has 0 N–H and O–H groups in total. The minimum atomic E-state index is -0.255. The maximum Gasteiger partial charge on any atom is 0.338 e. The van der Waals surface area contributed by atoms with Gasteiger partial charge in [-0.2, -0.15) is 0 Å². The molecule has 24 heavy (non-hydrogen) atoms. The fraction of sp³-hybridized carbons (Fsp3) is 0.200. The second kappa shape index (κ2) is 5.96. The molecule has 0 atom stereocenters. The molecule has 0 amide bonds. The first-order valence-electron chi connectivity index (χ1n) is 8.05. The SMILES string of the molecule is COC(=O)c1cccc2c1CCN(c1ccnc3ccccc13)C2. The van der Waals surface area contributed by atoms with Gasteiger partial charge in [0.1, 0.15) is 0 Å².